The fourth-order valence-corrected chi connectivity index (χ4v) is 7.72. The van der Waals surface area contributed by atoms with Crippen molar-refractivity contribution in [2.24, 2.45) is 0 Å². The van der Waals surface area contributed by atoms with Crippen LogP contribution in [0.25, 0.3) is 76.9 Å². The van der Waals surface area contributed by atoms with Crippen LogP contribution in [0.1, 0.15) is 0 Å². The highest BCUT2D eigenvalue weighted by molar-refractivity contribution is 6.17. The molecule has 2 nitrogen and oxygen atoms in total. The molecular formula is C50H33NO. The minimum atomic E-state index is 0.876. The molecule has 0 fully saturated rings. The smallest absolute Gasteiger partial charge is 0.145 e. The molecule has 1 aromatic heterocycles. The first-order chi connectivity index (χ1) is 25.8. The van der Waals surface area contributed by atoms with E-state index in [1.165, 1.54) is 43.8 Å². The maximum atomic E-state index is 6.72. The van der Waals surface area contributed by atoms with Gasteiger partial charge in [-0.1, -0.05) is 152 Å². The van der Waals surface area contributed by atoms with Gasteiger partial charge >= 0.3 is 0 Å². The third-order valence-corrected chi connectivity index (χ3v) is 10.2. The summed E-state index contributed by atoms with van der Waals surface area (Å²) in [6, 6.07) is 71.6. The van der Waals surface area contributed by atoms with Crippen LogP contribution in [0.4, 0.5) is 17.1 Å². The Morgan fingerprint density at radius 2 is 0.942 bits per heavy atom. The number of hydrogen-bond acceptors (Lipinski definition) is 2. The largest absolute Gasteiger partial charge is 0.455 e. The normalized spacial score (nSPS) is 11.5. The standard InChI is InChI=1S/C50H33NO/c1-3-12-34(13-4-1)38-17-11-18-39(32-38)35-24-26-41(27-25-35)51(42-28-29-44-40(33-42)23-22-37-16-7-8-19-43(37)44)47-31-30-45(36-14-5-2-6-15-36)50-49(47)46-20-9-10-21-48(46)52-50/h1-33H. The molecule has 0 saturated carbocycles. The van der Waals surface area contributed by atoms with Gasteiger partial charge in [0.2, 0.25) is 0 Å². The van der Waals surface area contributed by atoms with Gasteiger partial charge in [0.25, 0.3) is 0 Å². The first-order valence-electron chi connectivity index (χ1n) is 17.8. The molecule has 0 saturated heterocycles. The van der Waals surface area contributed by atoms with Crippen molar-refractivity contribution in [2.75, 3.05) is 4.90 Å². The highest BCUT2D eigenvalue weighted by atomic mass is 16.3. The van der Waals surface area contributed by atoms with Crippen molar-refractivity contribution in [3.8, 4) is 33.4 Å². The second kappa shape index (κ2) is 12.5. The van der Waals surface area contributed by atoms with E-state index in [2.05, 4.69) is 199 Å². The maximum Gasteiger partial charge on any atom is 0.145 e. The molecule has 10 aromatic rings. The van der Waals surface area contributed by atoms with E-state index in [1.54, 1.807) is 0 Å². The Hall–Kier alpha value is -6.90. The molecule has 244 valence electrons. The summed E-state index contributed by atoms with van der Waals surface area (Å²) in [5.74, 6) is 0. The average Bonchev–Trinajstić information content (AvgIpc) is 3.62. The molecule has 0 atom stereocenters. The third kappa shape index (κ3) is 5.12. The number of anilines is 3. The molecule has 0 aliphatic heterocycles. The lowest BCUT2D eigenvalue weighted by Gasteiger charge is -2.27. The molecule has 9 aromatic carbocycles. The van der Waals surface area contributed by atoms with E-state index in [0.717, 1.165) is 50.1 Å². The van der Waals surface area contributed by atoms with E-state index in [0.29, 0.717) is 0 Å². The van der Waals surface area contributed by atoms with Gasteiger partial charge in [-0.3, -0.25) is 0 Å². The number of para-hydroxylation sites is 1. The van der Waals surface area contributed by atoms with Gasteiger partial charge < -0.3 is 9.32 Å². The summed E-state index contributed by atoms with van der Waals surface area (Å²) < 4.78 is 6.72. The lowest BCUT2D eigenvalue weighted by Crippen LogP contribution is -2.10. The van der Waals surface area contributed by atoms with Crippen molar-refractivity contribution in [2.45, 2.75) is 0 Å². The van der Waals surface area contributed by atoms with Crippen LogP contribution < -0.4 is 4.90 Å². The molecule has 0 unspecified atom stereocenters. The molecule has 0 aliphatic rings. The zero-order valence-corrected chi connectivity index (χ0v) is 28.4. The summed E-state index contributed by atoms with van der Waals surface area (Å²) in [6.45, 7) is 0. The molecule has 0 N–H and O–H groups in total. The van der Waals surface area contributed by atoms with Gasteiger partial charge in [-0.05, 0) is 97.9 Å². The van der Waals surface area contributed by atoms with Gasteiger partial charge in [-0.2, -0.15) is 0 Å². The minimum Gasteiger partial charge on any atom is -0.455 e. The highest BCUT2D eigenvalue weighted by Gasteiger charge is 2.22. The van der Waals surface area contributed by atoms with Crippen molar-refractivity contribution in [1.82, 2.24) is 0 Å². The van der Waals surface area contributed by atoms with Gasteiger partial charge in [-0.15, -0.1) is 0 Å². The van der Waals surface area contributed by atoms with Crippen LogP contribution in [0.5, 0.6) is 0 Å². The summed E-state index contributed by atoms with van der Waals surface area (Å²) in [5.41, 5.74) is 12.0. The fraction of sp³-hybridized carbons (Fsp3) is 0. The van der Waals surface area contributed by atoms with Gasteiger partial charge in [0.1, 0.15) is 11.2 Å². The van der Waals surface area contributed by atoms with Crippen LogP contribution >= 0.6 is 0 Å². The van der Waals surface area contributed by atoms with E-state index in [-0.39, 0.29) is 0 Å². The number of fused-ring (bicyclic) bond motifs is 6. The Morgan fingerprint density at radius 1 is 0.346 bits per heavy atom. The van der Waals surface area contributed by atoms with Crippen molar-refractivity contribution in [1.29, 1.82) is 0 Å². The lowest BCUT2D eigenvalue weighted by molar-refractivity contribution is 0.670. The van der Waals surface area contributed by atoms with Crippen LogP contribution in [0, 0.1) is 0 Å². The SMILES string of the molecule is c1ccc(-c2cccc(-c3ccc(N(c4ccc5c(ccc6ccccc65)c4)c4ccc(-c5ccccc5)c5oc6ccccc6c45)cc3)c2)cc1. The van der Waals surface area contributed by atoms with E-state index in [9.17, 15) is 0 Å². The Labute approximate surface area is 302 Å². The Bertz CT molecular complexity index is 2890. The topological polar surface area (TPSA) is 16.4 Å². The number of hydrogen-bond donors (Lipinski definition) is 0. The summed E-state index contributed by atoms with van der Waals surface area (Å²) >= 11 is 0. The minimum absolute atomic E-state index is 0.876. The fourth-order valence-electron chi connectivity index (χ4n) is 7.72. The molecule has 2 heteroatoms. The summed E-state index contributed by atoms with van der Waals surface area (Å²) in [4.78, 5) is 2.39. The molecule has 0 spiro atoms. The molecule has 0 aliphatic carbocycles. The molecule has 0 bridgehead atoms. The summed E-state index contributed by atoms with van der Waals surface area (Å²) in [7, 11) is 0. The number of benzene rings is 9. The predicted molar refractivity (Wildman–Crippen MR) is 220 cm³/mol. The van der Waals surface area contributed by atoms with Crippen LogP contribution in [0.15, 0.2) is 205 Å². The zero-order valence-electron chi connectivity index (χ0n) is 28.4. The molecule has 0 amide bonds. The number of furan rings is 1. The Balaban J connectivity index is 1.18. The van der Waals surface area contributed by atoms with Crippen LogP contribution in [0.3, 0.4) is 0 Å². The molecular weight excluding hydrogens is 631 g/mol. The second-order valence-electron chi connectivity index (χ2n) is 13.3. The highest BCUT2D eigenvalue weighted by Crippen LogP contribution is 2.47. The quantitative estimate of drug-likeness (QED) is 0.165. The number of nitrogens with zero attached hydrogens (tertiary/aromatic N) is 1. The second-order valence-corrected chi connectivity index (χ2v) is 13.3. The van der Waals surface area contributed by atoms with Crippen LogP contribution in [-0.2, 0) is 0 Å². The lowest BCUT2D eigenvalue weighted by atomic mass is 9.97. The van der Waals surface area contributed by atoms with Crippen molar-refractivity contribution < 1.29 is 4.42 Å². The number of rotatable bonds is 6. The van der Waals surface area contributed by atoms with E-state index >= 15 is 0 Å². The van der Waals surface area contributed by atoms with Gasteiger partial charge in [0.15, 0.2) is 0 Å². The summed E-state index contributed by atoms with van der Waals surface area (Å²) in [5, 5.41) is 7.13. The molecule has 1 heterocycles. The first kappa shape index (κ1) is 30.0. The molecule has 52 heavy (non-hydrogen) atoms. The monoisotopic (exact) mass is 663 g/mol. The van der Waals surface area contributed by atoms with Gasteiger partial charge in [-0.25, -0.2) is 0 Å². The average molecular weight is 664 g/mol. The predicted octanol–water partition coefficient (Wildman–Crippen LogP) is 14.4. The molecule has 0 radical (unpaired) electrons. The van der Waals surface area contributed by atoms with Crippen LogP contribution in [0.2, 0.25) is 0 Å². The Kier molecular flexibility index (Phi) is 7.18. The van der Waals surface area contributed by atoms with Crippen LogP contribution in [-0.4, -0.2) is 0 Å². The summed E-state index contributed by atoms with van der Waals surface area (Å²) in [6.07, 6.45) is 0. The third-order valence-electron chi connectivity index (χ3n) is 10.2. The van der Waals surface area contributed by atoms with Crippen molar-refractivity contribution >= 4 is 60.5 Å². The van der Waals surface area contributed by atoms with Gasteiger partial charge in [0, 0.05) is 22.3 Å². The van der Waals surface area contributed by atoms with E-state index < -0.39 is 0 Å². The van der Waals surface area contributed by atoms with Gasteiger partial charge in [0.05, 0.1) is 11.1 Å². The maximum absolute atomic E-state index is 6.72. The van der Waals surface area contributed by atoms with Crippen molar-refractivity contribution in [3.05, 3.63) is 200 Å². The van der Waals surface area contributed by atoms with Crippen molar-refractivity contribution in [3.63, 3.8) is 0 Å². The Morgan fingerprint density at radius 3 is 1.73 bits per heavy atom. The van der Waals surface area contributed by atoms with E-state index in [1.807, 2.05) is 6.07 Å². The first-order valence-corrected chi connectivity index (χ1v) is 17.8. The molecule has 10 rings (SSSR count). The zero-order chi connectivity index (χ0) is 34.4. The van der Waals surface area contributed by atoms with E-state index in [4.69, 9.17) is 4.42 Å².